The number of aryl methyl sites for hydroxylation is 2. The molecule has 1 fully saturated rings. The molecule has 40 heavy (non-hydrogen) atoms. The van der Waals surface area contributed by atoms with E-state index in [0.29, 0.717) is 11.3 Å². The van der Waals surface area contributed by atoms with Gasteiger partial charge in [0.2, 0.25) is 10.0 Å². The van der Waals surface area contributed by atoms with Crippen molar-refractivity contribution in [3.8, 4) is 0 Å². The third-order valence-corrected chi connectivity index (χ3v) is 9.03. The SMILES string of the molecule is Cc1cc(N(C)C(N)=O)cc(C)c1/C=C/S(=O)(=O)N1CCC2(CC1)N=C(c1ccc(Cl)c(C(F)(F)F)c1)NC2=O. The highest BCUT2D eigenvalue weighted by Crippen LogP contribution is 2.37. The highest BCUT2D eigenvalue weighted by Gasteiger charge is 2.47. The predicted molar refractivity (Wildman–Crippen MR) is 147 cm³/mol. The molecular formula is C26H27ClF3N5O4S. The van der Waals surface area contributed by atoms with Crippen LogP contribution in [-0.2, 0) is 21.0 Å². The third-order valence-electron chi connectivity index (χ3n) is 7.14. The molecule has 1 saturated heterocycles. The summed E-state index contributed by atoms with van der Waals surface area (Å²) in [6.07, 6.45) is -3.08. The molecule has 9 nitrogen and oxygen atoms in total. The Morgan fingerprint density at radius 2 is 1.77 bits per heavy atom. The zero-order chi connectivity index (χ0) is 29.6. The fraction of sp³-hybridized carbons (Fsp3) is 0.346. The molecule has 2 heterocycles. The minimum absolute atomic E-state index is 0.00833. The monoisotopic (exact) mass is 597 g/mol. The molecule has 0 atom stereocenters. The van der Waals surface area contributed by atoms with Gasteiger partial charge in [-0.3, -0.25) is 14.7 Å². The van der Waals surface area contributed by atoms with Crippen LogP contribution >= 0.6 is 11.6 Å². The summed E-state index contributed by atoms with van der Waals surface area (Å²) >= 11 is 5.70. The third kappa shape index (κ3) is 5.72. The maximum atomic E-state index is 13.3. The van der Waals surface area contributed by atoms with E-state index in [0.717, 1.165) is 28.7 Å². The lowest BCUT2D eigenvalue weighted by Crippen LogP contribution is -2.50. The van der Waals surface area contributed by atoms with Gasteiger partial charge in [0.05, 0.1) is 10.6 Å². The number of rotatable bonds is 5. The van der Waals surface area contributed by atoms with E-state index in [1.54, 1.807) is 26.0 Å². The molecule has 214 valence electrons. The van der Waals surface area contributed by atoms with Gasteiger partial charge in [-0.05, 0) is 79.8 Å². The number of benzene rings is 2. The van der Waals surface area contributed by atoms with Gasteiger partial charge in [0.25, 0.3) is 5.91 Å². The van der Waals surface area contributed by atoms with E-state index in [1.165, 1.54) is 28.4 Å². The van der Waals surface area contributed by atoms with Crippen LogP contribution in [0.4, 0.5) is 23.7 Å². The second kappa shape index (κ2) is 10.5. The summed E-state index contributed by atoms with van der Waals surface area (Å²) in [6, 6.07) is 6.07. The molecule has 2 aliphatic heterocycles. The largest absolute Gasteiger partial charge is 0.417 e. The number of hydrogen-bond donors (Lipinski definition) is 2. The minimum atomic E-state index is -4.68. The van der Waals surface area contributed by atoms with Crippen LogP contribution < -0.4 is 16.0 Å². The number of urea groups is 1. The number of nitrogens with zero attached hydrogens (tertiary/aromatic N) is 3. The highest BCUT2D eigenvalue weighted by atomic mass is 35.5. The zero-order valence-electron chi connectivity index (χ0n) is 21.8. The number of sulfonamides is 1. The smallest absolute Gasteiger partial charge is 0.351 e. The summed E-state index contributed by atoms with van der Waals surface area (Å²) in [5.41, 5.74) is 5.79. The summed E-state index contributed by atoms with van der Waals surface area (Å²) in [5, 5.41) is 3.17. The summed E-state index contributed by atoms with van der Waals surface area (Å²) in [6.45, 7) is 3.56. The molecular weight excluding hydrogens is 571 g/mol. The zero-order valence-corrected chi connectivity index (χ0v) is 23.4. The Morgan fingerprint density at radius 1 is 1.18 bits per heavy atom. The number of primary amides is 1. The molecule has 1 spiro atoms. The molecule has 0 bridgehead atoms. The standard InChI is InChI=1S/C26H27ClF3N5O4S/c1-15-12-18(34(3)24(31)37)13-16(2)19(15)6-11-40(38,39)35-9-7-25(8-10-35)23(36)32-22(33-25)17-4-5-21(27)20(14-17)26(28,29)30/h4-6,11-14H,7-10H2,1-3H3,(H2,31,37)(H,32,33,36)/b11-6+. The average Bonchev–Trinajstić information content (AvgIpc) is 3.17. The lowest BCUT2D eigenvalue weighted by molar-refractivity contribution is -0.137. The van der Waals surface area contributed by atoms with E-state index < -0.39 is 44.3 Å². The van der Waals surface area contributed by atoms with Crippen LogP contribution in [0.3, 0.4) is 0 Å². The van der Waals surface area contributed by atoms with Crippen LogP contribution in [0.1, 0.15) is 40.7 Å². The molecule has 2 aromatic carbocycles. The summed E-state index contributed by atoms with van der Waals surface area (Å²) < 4.78 is 67.3. The van der Waals surface area contributed by atoms with Gasteiger partial charge in [0.1, 0.15) is 11.4 Å². The van der Waals surface area contributed by atoms with Gasteiger partial charge >= 0.3 is 12.2 Å². The molecule has 2 aliphatic rings. The van der Waals surface area contributed by atoms with Gasteiger partial charge in [-0.2, -0.15) is 17.5 Å². The van der Waals surface area contributed by atoms with Gasteiger partial charge in [-0.25, -0.2) is 13.2 Å². The number of halogens is 4. The first-order chi connectivity index (χ1) is 18.5. The molecule has 3 N–H and O–H groups in total. The predicted octanol–water partition coefficient (Wildman–Crippen LogP) is 4.20. The van der Waals surface area contributed by atoms with Crippen molar-refractivity contribution in [3.63, 3.8) is 0 Å². The van der Waals surface area contributed by atoms with Crippen molar-refractivity contribution in [1.29, 1.82) is 0 Å². The van der Waals surface area contributed by atoms with Gasteiger partial charge in [0.15, 0.2) is 0 Å². The van der Waals surface area contributed by atoms with Crippen molar-refractivity contribution in [2.75, 3.05) is 25.0 Å². The number of hydrogen-bond acceptors (Lipinski definition) is 5. The number of anilines is 1. The second-order valence-electron chi connectivity index (χ2n) is 9.78. The van der Waals surface area contributed by atoms with Crippen molar-refractivity contribution >= 4 is 51.2 Å². The molecule has 0 aliphatic carbocycles. The number of carbonyl (C=O) groups is 2. The number of nitrogens with two attached hydrogens (primary N) is 1. The van der Waals surface area contributed by atoms with E-state index in [9.17, 15) is 31.2 Å². The molecule has 0 saturated carbocycles. The van der Waals surface area contributed by atoms with Crippen LogP contribution in [0.15, 0.2) is 40.7 Å². The van der Waals surface area contributed by atoms with E-state index in [1.807, 2.05) is 0 Å². The fourth-order valence-corrected chi connectivity index (χ4v) is 6.16. The normalized spacial score (nSPS) is 17.8. The fourth-order valence-electron chi connectivity index (χ4n) is 4.77. The molecule has 2 aromatic rings. The molecule has 0 unspecified atom stereocenters. The highest BCUT2D eigenvalue weighted by molar-refractivity contribution is 7.92. The van der Waals surface area contributed by atoms with Gasteiger partial charge < -0.3 is 11.1 Å². The Bertz CT molecular complexity index is 1520. The van der Waals surface area contributed by atoms with E-state index in [2.05, 4.69) is 10.3 Å². The number of aliphatic imine (C=N–C) groups is 1. The number of amides is 3. The molecule has 4 rings (SSSR count). The van der Waals surface area contributed by atoms with E-state index in [-0.39, 0.29) is 37.3 Å². The number of amidine groups is 1. The topological polar surface area (TPSA) is 125 Å². The maximum absolute atomic E-state index is 13.3. The summed E-state index contributed by atoms with van der Waals surface area (Å²) in [4.78, 5) is 30.0. The molecule has 14 heteroatoms. The molecule has 0 radical (unpaired) electrons. The van der Waals surface area contributed by atoms with Gasteiger partial charge in [-0.1, -0.05) is 11.6 Å². The van der Waals surface area contributed by atoms with Gasteiger partial charge in [0, 0.05) is 36.8 Å². The number of nitrogens with one attached hydrogen (secondary N) is 1. The summed E-state index contributed by atoms with van der Waals surface area (Å²) in [5.74, 6) is -0.509. The maximum Gasteiger partial charge on any atom is 0.417 e. The van der Waals surface area contributed by atoms with Crippen molar-refractivity contribution in [3.05, 3.63) is 68.6 Å². The Balaban J connectivity index is 1.50. The van der Waals surface area contributed by atoms with Crippen molar-refractivity contribution < 1.29 is 31.2 Å². The van der Waals surface area contributed by atoms with Crippen molar-refractivity contribution in [2.24, 2.45) is 10.7 Å². The Hall–Kier alpha value is -3.42. The van der Waals surface area contributed by atoms with Crippen molar-refractivity contribution in [1.82, 2.24) is 9.62 Å². The number of piperidine rings is 1. The quantitative estimate of drug-likeness (QED) is 0.536. The Labute approximate surface area is 234 Å². The second-order valence-corrected chi connectivity index (χ2v) is 12.0. The van der Waals surface area contributed by atoms with E-state index in [4.69, 9.17) is 17.3 Å². The first kappa shape index (κ1) is 29.6. The Morgan fingerprint density at radius 3 is 2.33 bits per heavy atom. The van der Waals surface area contributed by atoms with Crippen LogP contribution in [0.5, 0.6) is 0 Å². The van der Waals surface area contributed by atoms with Crippen LogP contribution in [0.2, 0.25) is 5.02 Å². The minimum Gasteiger partial charge on any atom is -0.351 e. The lowest BCUT2D eigenvalue weighted by Gasteiger charge is -2.34. The van der Waals surface area contributed by atoms with E-state index >= 15 is 0 Å². The first-order valence-corrected chi connectivity index (χ1v) is 14.0. The van der Waals surface area contributed by atoms with Gasteiger partial charge in [-0.15, -0.1) is 0 Å². The lowest BCUT2D eigenvalue weighted by atomic mass is 9.89. The number of carbonyl (C=O) groups excluding carboxylic acids is 2. The first-order valence-electron chi connectivity index (χ1n) is 12.2. The molecule has 0 aromatic heterocycles. The van der Waals surface area contributed by atoms with Crippen LogP contribution in [0.25, 0.3) is 6.08 Å². The molecule has 3 amide bonds. The average molecular weight is 598 g/mol. The van der Waals surface area contributed by atoms with Crippen molar-refractivity contribution in [2.45, 2.75) is 38.4 Å². The van der Waals surface area contributed by atoms with Crippen LogP contribution in [-0.4, -0.2) is 56.2 Å². The number of alkyl halides is 3. The Kier molecular flexibility index (Phi) is 7.78. The summed E-state index contributed by atoms with van der Waals surface area (Å²) in [7, 11) is -2.33. The van der Waals surface area contributed by atoms with Crippen LogP contribution in [0, 0.1) is 13.8 Å².